The molecule has 94 valence electrons. The normalized spacial score (nSPS) is 12.4. The molecule has 18 heavy (non-hydrogen) atoms. The maximum atomic E-state index is 4.48. The predicted octanol–water partition coefficient (Wildman–Crippen LogP) is 3.32. The van der Waals surface area contributed by atoms with Crippen LogP contribution in [0.3, 0.4) is 0 Å². The van der Waals surface area contributed by atoms with Crippen molar-refractivity contribution >= 4 is 0 Å². The molecule has 0 bridgehead atoms. The Morgan fingerprint density at radius 3 is 2.17 bits per heavy atom. The topological polar surface area (TPSA) is 24.9 Å². The second kappa shape index (κ2) is 5.32. The zero-order valence-electron chi connectivity index (χ0n) is 11.5. The lowest BCUT2D eigenvalue weighted by Crippen LogP contribution is -2.19. The molecule has 2 nitrogen and oxygen atoms in total. The van der Waals surface area contributed by atoms with Crippen LogP contribution in [-0.4, -0.2) is 12.0 Å². The molecule has 2 rings (SSSR count). The van der Waals surface area contributed by atoms with Crippen LogP contribution < -0.4 is 5.32 Å². The van der Waals surface area contributed by atoms with E-state index < -0.39 is 0 Å². The summed E-state index contributed by atoms with van der Waals surface area (Å²) in [6.07, 6.45) is 1.87. The molecule has 0 aliphatic rings. The average Bonchev–Trinajstić information content (AvgIpc) is 2.28. The minimum absolute atomic E-state index is 0.156. The summed E-state index contributed by atoms with van der Waals surface area (Å²) < 4.78 is 0. The Morgan fingerprint density at radius 1 is 0.944 bits per heavy atom. The molecule has 2 aromatic rings. The molecule has 1 heterocycles. The molecular formula is C16H20N2. The van der Waals surface area contributed by atoms with Crippen LogP contribution in [0.25, 0.3) is 0 Å². The number of hydrogen-bond donors (Lipinski definition) is 1. The molecule has 1 N–H and O–H groups in total. The van der Waals surface area contributed by atoms with Crippen LogP contribution >= 0.6 is 0 Å². The summed E-state index contributed by atoms with van der Waals surface area (Å²) >= 11 is 0. The summed E-state index contributed by atoms with van der Waals surface area (Å²) in [5.41, 5.74) is 6.16. The number of rotatable bonds is 3. The number of nitrogens with one attached hydrogen (secondary N) is 1. The van der Waals surface area contributed by atoms with E-state index in [2.05, 4.69) is 55.3 Å². The maximum absolute atomic E-state index is 4.48. The highest BCUT2D eigenvalue weighted by atomic mass is 14.9. The fourth-order valence-corrected chi connectivity index (χ4v) is 2.38. The van der Waals surface area contributed by atoms with Crippen molar-refractivity contribution in [3.05, 3.63) is 64.5 Å². The van der Waals surface area contributed by atoms with Gasteiger partial charge in [0.25, 0.3) is 0 Å². The quantitative estimate of drug-likeness (QED) is 0.890. The Hall–Kier alpha value is -1.67. The molecule has 0 amide bonds. The van der Waals surface area contributed by atoms with Crippen LogP contribution in [0, 0.1) is 20.8 Å². The minimum atomic E-state index is 0.156. The van der Waals surface area contributed by atoms with Crippen LogP contribution in [0.5, 0.6) is 0 Å². The lowest BCUT2D eigenvalue weighted by molar-refractivity contribution is 0.669. The van der Waals surface area contributed by atoms with Gasteiger partial charge in [0, 0.05) is 6.20 Å². The van der Waals surface area contributed by atoms with Crippen molar-refractivity contribution in [1.29, 1.82) is 0 Å². The van der Waals surface area contributed by atoms with E-state index >= 15 is 0 Å². The first-order valence-corrected chi connectivity index (χ1v) is 6.28. The van der Waals surface area contributed by atoms with Crippen LogP contribution in [0.4, 0.5) is 0 Å². The molecule has 0 saturated heterocycles. The van der Waals surface area contributed by atoms with Crippen LogP contribution in [0.1, 0.15) is 34.0 Å². The summed E-state index contributed by atoms with van der Waals surface area (Å²) in [6, 6.07) is 11.0. The van der Waals surface area contributed by atoms with E-state index in [1.54, 1.807) is 0 Å². The average molecular weight is 240 g/mol. The number of pyridine rings is 1. The van der Waals surface area contributed by atoms with Gasteiger partial charge < -0.3 is 5.32 Å². The molecule has 0 aliphatic heterocycles. The Balaban J connectivity index is 2.45. The molecule has 0 saturated carbocycles. The van der Waals surface area contributed by atoms with Gasteiger partial charge in [-0.15, -0.1) is 0 Å². The molecule has 0 aliphatic carbocycles. The standard InChI is InChI=1S/C16H20N2/c1-11-5-6-18-15(10-11)16(17-4)14-8-12(2)7-13(3)9-14/h5-10,16-17H,1-4H3. The summed E-state index contributed by atoms with van der Waals surface area (Å²) in [5.74, 6) is 0. The molecule has 1 aromatic carbocycles. The zero-order valence-corrected chi connectivity index (χ0v) is 11.5. The smallest absolute Gasteiger partial charge is 0.0749 e. The van der Waals surface area contributed by atoms with E-state index in [1.165, 1.54) is 22.3 Å². The van der Waals surface area contributed by atoms with E-state index in [4.69, 9.17) is 0 Å². The molecule has 1 aromatic heterocycles. The third-order valence-electron chi connectivity index (χ3n) is 3.10. The molecule has 1 atom stereocenters. The van der Waals surface area contributed by atoms with Gasteiger partial charge in [-0.05, 0) is 51.1 Å². The number of aryl methyl sites for hydroxylation is 3. The van der Waals surface area contributed by atoms with E-state index in [0.717, 1.165) is 5.69 Å². The highest BCUT2D eigenvalue weighted by molar-refractivity contribution is 5.35. The minimum Gasteiger partial charge on any atom is -0.308 e. The first-order valence-electron chi connectivity index (χ1n) is 6.28. The summed E-state index contributed by atoms with van der Waals surface area (Å²) in [7, 11) is 1.98. The van der Waals surface area contributed by atoms with E-state index in [9.17, 15) is 0 Å². The van der Waals surface area contributed by atoms with Gasteiger partial charge in [-0.1, -0.05) is 29.3 Å². The fraction of sp³-hybridized carbons (Fsp3) is 0.312. The second-order valence-corrected chi connectivity index (χ2v) is 4.90. The molecule has 0 spiro atoms. The Kier molecular flexibility index (Phi) is 3.78. The summed E-state index contributed by atoms with van der Waals surface area (Å²) in [5, 5.41) is 3.35. The van der Waals surface area contributed by atoms with E-state index in [-0.39, 0.29) is 6.04 Å². The fourth-order valence-electron chi connectivity index (χ4n) is 2.38. The third kappa shape index (κ3) is 2.77. The number of nitrogens with zero attached hydrogens (tertiary/aromatic N) is 1. The van der Waals surface area contributed by atoms with Crippen molar-refractivity contribution < 1.29 is 0 Å². The maximum Gasteiger partial charge on any atom is 0.0749 e. The van der Waals surface area contributed by atoms with Crippen LogP contribution in [0.2, 0.25) is 0 Å². The number of aromatic nitrogens is 1. The van der Waals surface area contributed by atoms with Gasteiger partial charge in [0.05, 0.1) is 11.7 Å². The molecule has 2 heteroatoms. The van der Waals surface area contributed by atoms with E-state index in [0.29, 0.717) is 0 Å². The first kappa shape index (κ1) is 12.8. The Morgan fingerprint density at radius 2 is 1.61 bits per heavy atom. The highest BCUT2D eigenvalue weighted by Crippen LogP contribution is 2.22. The summed E-state index contributed by atoms with van der Waals surface area (Å²) in [4.78, 5) is 4.48. The van der Waals surface area contributed by atoms with Gasteiger partial charge in [-0.25, -0.2) is 0 Å². The SMILES string of the molecule is CNC(c1cc(C)cc(C)c1)c1cc(C)ccn1. The van der Waals surface area contributed by atoms with Crippen molar-refractivity contribution in [3.8, 4) is 0 Å². The van der Waals surface area contributed by atoms with Crippen molar-refractivity contribution in [2.75, 3.05) is 7.05 Å². The van der Waals surface area contributed by atoms with Gasteiger partial charge in [-0.2, -0.15) is 0 Å². The second-order valence-electron chi connectivity index (χ2n) is 4.90. The lowest BCUT2D eigenvalue weighted by atomic mass is 9.98. The highest BCUT2D eigenvalue weighted by Gasteiger charge is 2.13. The van der Waals surface area contributed by atoms with Crippen molar-refractivity contribution in [2.24, 2.45) is 0 Å². The van der Waals surface area contributed by atoms with Crippen molar-refractivity contribution in [1.82, 2.24) is 10.3 Å². The van der Waals surface area contributed by atoms with Gasteiger partial charge in [0.1, 0.15) is 0 Å². The summed E-state index contributed by atoms with van der Waals surface area (Å²) in [6.45, 7) is 6.36. The van der Waals surface area contributed by atoms with Crippen LogP contribution in [0.15, 0.2) is 36.5 Å². The Labute approximate surface area is 109 Å². The first-order chi connectivity index (χ1) is 8.60. The number of benzene rings is 1. The number of hydrogen-bond acceptors (Lipinski definition) is 2. The lowest BCUT2D eigenvalue weighted by Gasteiger charge is -2.18. The molecule has 0 radical (unpaired) electrons. The van der Waals surface area contributed by atoms with Crippen molar-refractivity contribution in [2.45, 2.75) is 26.8 Å². The predicted molar refractivity (Wildman–Crippen MR) is 75.8 cm³/mol. The zero-order chi connectivity index (χ0) is 13.1. The third-order valence-corrected chi connectivity index (χ3v) is 3.10. The molecular weight excluding hydrogens is 220 g/mol. The Bertz CT molecular complexity index is 526. The van der Waals surface area contributed by atoms with Gasteiger partial charge in [-0.3, -0.25) is 4.98 Å². The van der Waals surface area contributed by atoms with Gasteiger partial charge >= 0.3 is 0 Å². The molecule has 1 unspecified atom stereocenters. The monoisotopic (exact) mass is 240 g/mol. The largest absolute Gasteiger partial charge is 0.308 e. The van der Waals surface area contributed by atoms with Crippen LogP contribution in [-0.2, 0) is 0 Å². The molecule has 0 fully saturated rings. The van der Waals surface area contributed by atoms with E-state index in [1.807, 2.05) is 19.3 Å². The van der Waals surface area contributed by atoms with Gasteiger partial charge in [0.2, 0.25) is 0 Å². The van der Waals surface area contributed by atoms with Crippen molar-refractivity contribution in [3.63, 3.8) is 0 Å². The van der Waals surface area contributed by atoms with Gasteiger partial charge in [0.15, 0.2) is 0 Å².